The average Bonchev–Trinajstić information content (AvgIpc) is 2.78. The Kier molecular flexibility index (Phi) is 12.8. The predicted molar refractivity (Wildman–Crippen MR) is 134 cm³/mol. The molecule has 0 spiro atoms. The smallest absolute Gasteiger partial charge is 0.204 e. The Morgan fingerprint density at radius 2 is 1.85 bits per heavy atom. The molecule has 1 aliphatic carbocycles. The standard InChI is InChI=1S/C17H27NO.C8H6ClFO2.CH3NO/c1-14-6-5-7-15(10-14)8-9-19-13-16(2)11-17(3,12-16)18-4;9-7-2-1-6(5-8(7)10)12-4-3-11;2-1-3/h5-7,10,18H,8-9,11-13H2,1-4H3;1-3,5H,4H2;1H,(H2,2,3). The van der Waals surface area contributed by atoms with E-state index in [1.54, 1.807) is 0 Å². The molecular weight excluding hydrogens is 459 g/mol. The fourth-order valence-corrected chi connectivity index (χ4v) is 4.30. The van der Waals surface area contributed by atoms with Gasteiger partial charge < -0.3 is 20.5 Å². The van der Waals surface area contributed by atoms with Crippen LogP contribution in [0.5, 0.6) is 5.75 Å². The largest absolute Gasteiger partial charge is 0.486 e. The summed E-state index contributed by atoms with van der Waals surface area (Å²) in [5, 5.41) is 3.44. The third-order valence-electron chi connectivity index (χ3n) is 5.51. The molecule has 0 unspecified atom stereocenters. The molecule has 6 nitrogen and oxygen atoms in total. The van der Waals surface area contributed by atoms with Gasteiger partial charge >= 0.3 is 0 Å². The zero-order valence-corrected chi connectivity index (χ0v) is 21.2. The summed E-state index contributed by atoms with van der Waals surface area (Å²) in [6.45, 7) is 8.39. The molecule has 1 fully saturated rings. The second-order valence-corrected chi connectivity index (χ2v) is 9.36. The van der Waals surface area contributed by atoms with Gasteiger partial charge in [-0.15, -0.1) is 0 Å². The molecule has 0 atom stereocenters. The van der Waals surface area contributed by atoms with E-state index in [9.17, 15) is 9.18 Å². The van der Waals surface area contributed by atoms with Crippen molar-refractivity contribution in [2.24, 2.45) is 11.1 Å². The van der Waals surface area contributed by atoms with Crippen LogP contribution in [0.3, 0.4) is 0 Å². The van der Waals surface area contributed by atoms with Crippen molar-refractivity contribution in [1.29, 1.82) is 0 Å². The Balaban J connectivity index is 0.000000330. The number of ether oxygens (including phenoxy) is 2. The highest BCUT2D eigenvalue weighted by Gasteiger charge is 2.47. The molecule has 34 heavy (non-hydrogen) atoms. The molecule has 0 radical (unpaired) electrons. The van der Waals surface area contributed by atoms with Crippen molar-refractivity contribution in [2.45, 2.75) is 45.6 Å². The highest BCUT2D eigenvalue weighted by atomic mass is 35.5. The van der Waals surface area contributed by atoms with Crippen LogP contribution in [0.4, 0.5) is 4.39 Å². The summed E-state index contributed by atoms with van der Waals surface area (Å²) in [5.74, 6) is -0.260. The van der Waals surface area contributed by atoms with Crippen molar-refractivity contribution in [3.05, 3.63) is 64.4 Å². The van der Waals surface area contributed by atoms with Gasteiger partial charge in [0, 0.05) is 11.6 Å². The number of hydrogen-bond donors (Lipinski definition) is 2. The molecule has 0 heterocycles. The van der Waals surface area contributed by atoms with Crippen LogP contribution >= 0.6 is 11.6 Å². The van der Waals surface area contributed by atoms with Crippen LogP contribution in [0.15, 0.2) is 42.5 Å². The summed E-state index contributed by atoms with van der Waals surface area (Å²) in [5.41, 5.74) is 7.56. The molecule has 188 valence electrons. The fraction of sp³-hybridized carbons (Fsp3) is 0.462. The van der Waals surface area contributed by atoms with Gasteiger partial charge in [-0.3, -0.25) is 9.59 Å². The maximum Gasteiger partial charge on any atom is 0.204 e. The van der Waals surface area contributed by atoms with Gasteiger partial charge in [-0.25, -0.2) is 4.39 Å². The molecule has 0 saturated heterocycles. The summed E-state index contributed by atoms with van der Waals surface area (Å²) in [6.07, 6.45) is 4.27. The lowest BCUT2D eigenvalue weighted by molar-refractivity contribution is -0.109. The van der Waals surface area contributed by atoms with E-state index >= 15 is 0 Å². The third kappa shape index (κ3) is 10.6. The molecule has 2 aromatic rings. The van der Waals surface area contributed by atoms with Crippen LogP contribution < -0.4 is 15.8 Å². The minimum Gasteiger partial charge on any atom is -0.486 e. The normalized spacial score (nSPS) is 20.5. The number of carbonyl (C=O) groups is 2. The second kappa shape index (κ2) is 14.7. The number of carbonyl (C=O) groups excluding carboxylic acids is 2. The van der Waals surface area contributed by atoms with Crippen molar-refractivity contribution in [1.82, 2.24) is 5.32 Å². The molecule has 2 aromatic carbocycles. The number of hydrogen-bond acceptors (Lipinski definition) is 5. The summed E-state index contributed by atoms with van der Waals surface area (Å²) < 4.78 is 23.4. The number of aldehydes is 1. The number of nitrogens with one attached hydrogen (secondary N) is 1. The quantitative estimate of drug-likeness (QED) is 0.396. The van der Waals surface area contributed by atoms with Gasteiger partial charge in [0.15, 0.2) is 6.29 Å². The van der Waals surface area contributed by atoms with E-state index in [0.29, 0.717) is 23.0 Å². The van der Waals surface area contributed by atoms with Gasteiger partial charge in [-0.1, -0.05) is 48.4 Å². The summed E-state index contributed by atoms with van der Waals surface area (Å²) in [7, 11) is 2.05. The fourth-order valence-electron chi connectivity index (χ4n) is 4.18. The van der Waals surface area contributed by atoms with Crippen LogP contribution in [0, 0.1) is 18.2 Å². The van der Waals surface area contributed by atoms with Crippen molar-refractivity contribution in [3.8, 4) is 5.75 Å². The van der Waals surface area contributed by atoms with Crippen LogP contribution in [0.1, 0.15) is 37.8 Å². The Morgan fingerprint density at radius 3 is 2.41 bits per heavy atom. The molecule has 1 saturated carbocycles. The van der Waals surface area contributed by atoms with E-state index < -0.39 is 5.82 Å². The van der Waals surface area contributed by atoms with E-state index in [1.807, 2.05) is 0 Å². The first-order valence-electron chi connectivity index (χ1n) is 11.1. The highest BCUT2D eigenvalue weighted by Crippen LogP contribution is 2.47. The molecule has 8 heteroatoms. The van der Waals surface area contributed by atoms with E-state index in [-0.39, 0.29) is 18.0 Å². The SMILES string of the molecule is CNC1(C)CC(C)(COCCc2cccc(C)c2)C1.NC=O.O=CCOc1ccc(Cl)c(F)c1. The van der Waals surface area contributed by atoms with E-state index in [2.05, 4.69) is 63.1 Å². The molecule has 0 bridgehead atoms. The first-order chi connectivity index (χ1) is 16.1. The molecule has 0 aromatic heterocycles. The maximum absolute atomic E-state index is 12.7. The lowest BCUT2D eigenvalue weighted by Gasteiger charge is -2.53. The van der Waals surface area contributed by atoms with Gasteiger partial charge in [0.1, 0.15) is 18.2 Å². The lowest BCUT2D eigenvalue weighted by atomic mass is 9.59. The lowest BCUT2D eigenvalue weighted by Crippen LogP contribution is -2.57. The Labute approximate surface area is 207 Å². The number of nitrogens with two attached hydrogens (primary N) is 1. The Bertz CT molecular complexity index is 904. The molecule has 3 N–H and O–H groups in total. The maximum atomic E-state index is 12.7. The molecular formula is C26H36ClFN2O4. The van der Waals surface area contributed by atoms with Crippen molar-refractivity contribution < 1.29 is 23.5 Å². The first kappa shape index (κ1) is 29.6. The van der Waals surface area contributed by atoms with Gasteiger partial charge in [-0.05, 0) is 63.3 Å². The molecule has 0 aliphatic heterocycles. The minimum atomic E-state index is -0.555. The van der Waals surface area contributed by atoms with E-state index in [4.69, 9.17) is 25.9 Å². The highest BCUT2D eigenvalue weighted by molar-refractivity contribution is 6.30. The second-order valence-electron chi connectivity index (χ2n) is 8.96. The van der Waals surface area contributed by atoms with E-state index in [1.165, 1.54) is 36.1 Å². The molecule has 3 rings (SSSR count). The Hall–Kier alpha value is -2.48. The molecule has 1 aliphatic rings. The van der Waals surface area contributed by atoms with Crippen LogP contribution in [-0.4, -0.2) is 45.1 Å². The van der Waals surface area contributed by atoms with Gasteiger partial charge in [0.2, 0.25) is 6.41 Å². The van der Waals surface area contributed by atoms with Crippen LogP contribution in [-0.2, 0) is 20.7 Å². The van der Waals surface area contributed by atoms with E-state index in [0.717, 1.165) is 25.7 Å². The van der Waals surface area contributed by atoms with Crippen LogP contribution in [0.25, 0.3) is 0 Å². The summed E-state index contributed by atoms with van der Waals surface area (Å²) in [4.78, 5) is 18.5. The Morgan fingerprint density at radius 1 is 1.18 bits per heavy atom. The number of primary amides is 1. The van der Waals surface area contributed by atoms with Gasteiger partial charge in [0.25, 0.3) is 0 Å². The zero-order valence-electron chi connectivity index (χ0n) is 20.4. The van der Waals surface area contributed by atoms with Crippen molar-refractivity contribution in [2.75, 3.05) is 26.9 Å². The summed E-state index contributed by atoms with van der Waals surface area (Å²) in [6, 6.07) is 12.7. The average molecular weight is 495 g/mol. The number of aryl methyl sites for hydroxylation is 1. The number of halogens is 2. The first-order valence-corrected chi connectivity index (χ1v) is 11.5. The minimum absolute atomic E-state index is 0.0356. The zero-order chi connectivity index (χ0) is 25.6. The predicted octanol–water partition coefficient (Wildman–Crippen LogP) is 4.49. The van der Waals surface area contributed by atoms with Crippen LogP contribution in [0.2, 0.25) is 5.02 Å². The van der Waals surface area contributed by atoms with Crippen molar-refractivity contribution >= 4 is 24.3 Å². The monoisotopic (exact) mass is 494 g/mol. The topological polar surface area (TPSA) is 90.6 Å². The van der Waals surface area contributed by atoms with Crippen molar-refractivity contribution in [3.63, 3.8) is 0 Å². The molecule has 1 amide bonds. The number of amides is 1. The third-order valence-corrected chi connectivity index (χ3v) is 5.82. The summed E-state index contributed by atoms with van der Waals surface area (Å²) >= 11 is 5.41. The number of benzene rings is 2. The number of rotatable bonds is 9. The van der Waals surface area contributed by atoms with Gasteiger partial charge in [-0.2, -0.15) is 0 Å². The van der Waals surface area contributed by atoms with Gasteiger partial charge in [0.05, 0.1) is 18.2 Å².